The zero-order valence-corrected chi connectivity index (χ0v) is 15.0. The Morgan fingerprint density at radius 1 is 1.15 bits per heavy atom. The maximum atomic E-state index is 12.4. The van der Waals surface area contributed by atoms with Crippen molar-refractivity contribution in [2.75, 3.05) is 13.1 Å². The van der Waals surface area contributed by atoms with Gasteiger partial charge >= 0.3 is 12.0 Å². The monoisotopic (exact) mass is 353 g/mol. The van der Waals surface area contributed by atoms with Crippen molar-refractivity contribution in [3.8, 4) is 11.1 Å². The van der Waals surface area contributed by atoms with Crippen LogP contribution in [0.2, 0.25) is 0 Å². The number of aromatic nitrogens is 1. The molecule has 0 bridgehead atoms. The highest BCUT2D eigenvalue weighted by molar-refractivity contribution is 5.79. The quantitative estimate of drug-likeness (QED) is 0.883. The third-order valence-corrected chi connectivity index (χ3v) is 5.04. The molecule has 2 N–H and O–H groups in total. The lowest BCUT2D eigenvalue weighted by molar-refractivity contribution is -0.147. The van der Waals surface area contributed by atoms with Gasteiger partial charge in [-0.15, -0.1) is 0 Å². The molecule has 2 aromatic rings. The van der Waals surface area contributed by atoms with Gasteiger partial charge in [0, 0.05) is 25.5 Å². The molecule has 2 heterocycles. The summed E-state index contributed by atoms with van der Waals surface area (Å²) in [6, 6.07) is 11.5. The number of rotatable bonds is 4. The van der Waals surface area contributed by atoms with Gasteiger partial charge in [-0.3, -0.25) is 9.78 Å². The Kier molecular flexibility index (Phi) is 4.93. The lowest BCUT2D eigenvalue weighted by Crippen LogP contribution is -2.41. The van der Waals surface area contributed by atoms with Crippen molar-refractivity contribution in [2.24, 2.45) is 5.41 Å². The van der Waals surface area contributed by atoms with Crippen LogP contribution in [0.3, 0.4) is 0 Å². The molecule has 0 saturated carbocycles. The first-order chi connectivity index (χ1) is 12.4. The van der Waals surface area contributed by atoms with E-state index in [-0.39, 0.29) is 18.6 Å². The Balaban J connectivity index is 1.62. The molecule has 0 radical (unpaired) electrons. The summed E-state index contributed by atoms with van der Waals surface area (Å²) in [5.74, 6) is -0.854. The molecule has 0 spiro atoms. The fourth-order valence-electron chi connectivity index (χ4n) is 3.18. The lowest BCUT2D eigenvalue weighted by Gasteiger charge is -2.23. The number of benzene rings is 1. The molecule has 1 fully saturated rings. The second kappa shape index (κ2) is 7.15. The van der Waals surface area contributed by atoms with E-state index in [0.717, 1.165) is 16.7 Å². The SMILES string of the molecule is CC(NC(=O)N1CCC(C)(C(=O)O)C1)c1ccc(-c2ccncc2)cc1. The van der Waals surface area contributed by atoms with Crippen LogP contribution >= 0.6 is 0 Å². The highest BCUT2D eigenvalue weighted by Crippen LogP contribution is 2.30. The van der Waals surface area contributed by atoms with Crippen LogP contribution < -0.4 is 5.32 Å². The van der Waals surface area contributed by atoms with Crippen molar-refractivity contribution < 1.29 is 14.7 Å². The number of aliphatic carboxylic acids is 1. The van der Waals surface area contributed by atoms with Crippen molar-refractivity contribution >= 4 is 12.0 Å². The number of nitrogens with zero attached hydrogens (tertiary/aromatic N) is 2. The van der Waals surface area contributed by atoms with Crippen LogP contribution in [0.4, 0.5) is 4.79 Å². The summed E-state index contributed by atoms with van der Waals surface area (Å²) >= 11 is 0. The summed E-state index contributed by atoms with van der Waals surface area (Å²) in [4.78, 5) is 29.4. The molecule has 1 aromatic carbocycles. The summed E-state index contributed by atoms with van der Waals surface area (Å²) in [7, 11) is 0. The number of urea groups is 1. The van der Waals surface area contributed by atoms with Gasteiger partial charge in [-0.25, -0.2) is 4.79 Å². The van der Waals surface area contributed by atoms with E-state index < -0.39 is 11.4 Å². The van der Waals surface area contributed by atoms with Gasteiger partial charge in [0.25, 0.3) is 0 Å². The number of hydrogen-bond acceptors (Lipinski definition) is 3. The second-order valence-corrected chi connectivity index (χ2v) is 7.07. The van der Waals surface area contributed by atoms with E-state index in [1.807, 2.05) is 43.3 Å². The van der Waals surface area contributed by atoms with Gasteiger partial charge in [-0.05, 0) is 49.1 Å². The fourth-order valence-corrected chi connectivity index (χ4v) is 3.18. The number of amides is 2. The average Bonchev–Trinajstić information content (AvgIpc) is 3.06. The fraction of sp³-hybridized carbons (Fsp3) is 0.350. The highest BCUT2D eigenvalue weighted by Gasteiger charge is 2.42. The predicted octanol–water partition coefficient (Wildman–Crippen LogP) is 3.32. The molecule has 1 saturated heterocycles. The standard InChI is InChI=1S/C20H23N3O3/c1-14(22-19(26)23-12-9-20(2,13-23)18(24)25)15-3-5-16(6-4-15)17-7-10-21-11-8-17/h3-8,10-11,14H,9,12-13H2,1-2H3,(H,22,26)(H,24,25). The predicted molar refractivity (Wildman–Crippen MR) is 98.6 cm³/mol. The molecule has 0 aliphatic carbocycles. The third-order valence-electron chi connectivity index (χ3n) is 5.04. The smallest absolute Gasteiger partial charge is 0.317 e. The van der Waals surface area contributed by atoms with Crippen LogP contribution in [0, 0.1) is 5.41 Å². The average molecular weight is 353 g/mol. The lowest BCUT2D eigenvalue weighted by atomic mass is 9.90. The number of carboxylic acids is 1. The van der Waals surface area contributed by atoms with E-state index in [2.05, 4.69) is 10.3 Å². The molecule has 1 aliphatic rings. The van der Waals surface area contributed by atoms with Crippen LogP contribution in [0.15, 0.2) is 48.8 Å². The first kappa shape index (κ1) is 17.9. The van der Waals surface area contributed by atoms with E-state index in [1.165, 1.54) is 0 Å². The Bertz CT molecular complexity index is 792. The molecule has 26 heavy (non-hydrogen) atoms. The van der Waals surface area contributed by atoms with Gasteiger partial charge in [-0.2, -0.15) is 0 Å². The topological polar surface area (TPSA) is 82.5 Å². The number of carbonyl (C=O) groups is 2. The van der Waals surface area contributed by atoms with E-state index in [1.54, 1.807) is 24.2 Å². The van der Waals surface area contributed by atoms with Crippen LogP contribution in [0.5, 0.6) is 0 Å². The van der Waals surface area contributed by atoms with Crippen molar-refractivity contribution in [1.29, 1.82) is 0 Å². The molecular formula is C20H23N3O3. The molecule has 2 unspecified atom stereocenters. The summed E-state index contributed by atoms with van der Waals surface area (Å²) in [6.07, 6.45) is 3.99. The van der Waals surface area contributed by atoms with Crippen molar-refractivity contribution in [3.05, 3.63) is 54.4 Å². The van der Waals surface area contributed by atoms with Gasteiger partial charge in [0.2, 0.25) is 0 Å². The van der Waals surface area contributed by atoms with Crippen LogP contribution in [-0.2, 0) is 4.79 Å². The molecule has 2 atom stereocenters. The Hall–Kier alpha value is -2.89. The third kappa shape index (κ3) is 3.69. The van der Waals surface area contributed by atoms with Gasteiger partial charge < -0.3 is 15.3 Å². The normalized spacial score (nSPS) is 20.6. The molecular weight excluding hydrogens is 330 g/mol. The minimum Gasteiger partial charge on any atom is -0.481 e. The summed E-state index contributed by atoms with van der Waals surface area (Å²) in [5, 5.41) is 12.2. The summed E-state index contributed by atoms with van der Waals surface area (Å²) in [6.45, 7) is 4.31. The van der Waals surface area contributed by atoms with Gasteiger partial charge in [0.15, 0.2) is 0 Å². The Morgan fingerprint density at radius 2 is 1.77 bits per heavy atom. The highest BCUT2D eigenvalue weighted by atomic mass is 16.4. The Labute approximate surface area is 152 Å². The maximum Gasteiger partial charge on any atom is 0.317 e. The minimum absolute atomic E-state index is 0.161. The van der Waals surface area contributed by atoms with Crippen LogP contribution in [-0.4, -0.2) is 40.1 Å². The molecule has 6 nitrogen and oxygen atoms in total. The molecule has 136 valence electrons. The number of pyridine rings is 1. The van der Waals surface area contributed by atoms with Gasteiger partial charge in [-0.1, -0.05) is 24.3 Å². The number of hydrogen-bond donors (Lipinski definition) is 2. The number of carboxylic acid groups (broad SMARTS) is 1. The molecule has 3 rings (SSSR count). The first-order valence-electron chi connectivity index (χ1n) is 8.68. The number of nitrogens with one attached hydrogen (secondary N) is 1. The van der Waals surface area contributed by atoms with Gasteiger partial charge in [0.05, 0.1) is 11.5 Å². The first-order valence-corrected chi connectivity index (χ1v) is 8.68. The maximum absolute atomic E-state index is 12.4. The number of carbonyl (C=O) groups excluding carboxylic acids is 1. The van der Waals surface area contributed by atoms with E-state index in [9.17, 15) is 14.7 Å². The molecule has 1 aromatic heterocycles. The molecule has 6 heteroatoms. The van der Waals surface area contributed by atoms with Crippen molar-refractivity contribution in [3.63, 3.8) is 0 Å². The zero-order chi connectivity index (χ0) is 18.7. The largest absolute Gasteiger partial charge is 0.481 e. The second-order valence-electron chi connectivity index (χ2n) is 7.07. The van der Waals surface area contributed by atoms with Crippen molar-refractivity contribution in [2.45, 2.75) is 26.3 Å². The van der Waals surface area contributed by atoms with E-state index in [0.29, 0.717) is 13.0 Å². The molecule has 2 amide bonds. The zero-order valence-electron chi connectivity index (χ0n) is 15.0. The molecule has 1 aliphatic heterocycles. The van der Waals surface area contributed by atoms with Crippen LogP contribution in [0.1, 0.15) is 31.9 Å². The van der Waals surface area contributed by atoms with Gasteiger partial charge in [0.1, 0.15) is 0 Å². The van der Waals surface area contributed by atoms with Crippen LogP contribution in [0.25, 0.3) is 11.1 Å². The van der Waals surface area contributed by atoms with Crippen molar-refractivity contribution in [1.82, 2.24) is 15.2 Å². The van der Waals surface area contributed by atoms with E-state index in [4.69, 9.17) is 0 Å². The minimum atomic E-state index is -0.854. The Morgan fingerprint density at radius 3 is 2.35 bits per heavy atom. The summed E-state index contributed by atoms with van der Waals surface area (Å²) in [5.41, 5.74) is 2.32. The van der Waals surface area contributed by atoms with E-state index >= 15 is 0 Å². The number of likely N-dealkylation sites (tertiary alicyclic amines) is 1. The summed E-state index contributed by atoms with van der Waals surface area (Å²) < 4.78 is 0.